The van der Waals surface area contributed by atoms with Crippen molar-refractivity contribution in [3.05, 3.63) is 59.0 Å². The largest absolute Gasteiger partial charge is 0.493 e. The van der Waals surface area contributed by atoms with E-state index in [0.29, 0.717) is 27.6 Å². The molecule has 0 saturated carbocycles. The van der Waals surface area contributed by atoms with Gasteiger partial charge in [0, 0.05) is 7.05 Å². The minimum atomic E-state index is -3.86. The molecule has 0 aliphatic rings. The lowest BCUT2D eigenvalue weighted by molar-refractivity contribution is 0.355. The van der Waals surface area contributed by atoms with E-state index >= 15 is 0 Å². The lowest BCUT2D eigenvalue weighted by Gasteiger charge is -2.20. The van der Waals surface area contributed by atoms with E-state index in [-0.39, 0.29) is 16.6 Å². The highest BCUT2D eigenvalue weighted by Crippen LogP contribution is 2.39. The first-order chi connectivity index (χ1) is 15.8. The molecule has 0 saturated heterocycles. The minimum absolute atomic E-state index is 0.0982. The van der Waals surface area contributed by atoms with Crippen molar-refractivity contribution >= 4 is 27.0 Å². The van der Waals surface area contributed by atoms with Crippen LogP contribution >= 0.6 is 11.3 Å². The predicted molar refractivity (Wildman–Crippen MR) is 128 cm³/mol. The van der Waals surface area contributed by atoms with Crippen molar-refractivity contribution in [2.24, 2.45) is 0 Å². The van der Waals surface area contributed by atoms with Gasteiger partial charge in [-0.15, -0.1) is 11.3 Å². The molecule has 4 aromatic rings. The van der Waals surface area contributed by atoms with Gasteiger partial charge in [0.25, 0.3) is 15.9 Å². The number of methoxy groups -OCH3 is 2. The Balaban J connectivity index is 1.73. The third-order valence-electron chi connectivity index (χ3n) is 5.39. The molecule has 0 bridgehead atoms. The van der Waals surface area contributed by atoms with Gasteiger partial charge >= 0.3 is 0 Å². The normalized spacial score (nSPS) is 11.4. The molecule has 0 atom stereocenters. The average Bonchev–Trinajstić information content (AvgIpc) is 3.49. The quantitative estimate of drug-likeness (QED) is 0.366. The summed E-state index contributed by atoms with van der Waals surface area (Å²) in [5, 5.41) is 5.74. The highest BCUT2D eigenvalue weighted by molar-refractivity contribution is 7.93. The number of sulfonamides is 1. The van der Waals surface area contributed by atoms with Gasteiger partial charge in [-0.1, -0.05) is 17.3 Å². The van der Waals surface area contributed by atoms with Crippen molar-refractivity contribution in [1.29, 1.82) is 0 Å². The molecule has 172 valence electrons. The Morgan fingerprint density at radius 3 is 2.52 bits per heavy atom. The summed E-state index contributed by atoms with van der Waals surface area (Å²) in [4.78, 5) is 4.92. The zero-order chi connectivity index (χ0) is 23.8. The van der Waals surface area contributed by atoms with Gasteiger partial charge in [0.15, 0.2) is 11.5 Å². The Hall–Kier alpha value is -3.37. The van der Waals surface area contributed by atoms with Crippen LogP contribution in [0.25, 0.3) is 22.2 Å². The van der Waals surface area contributed by atoms with E-state index in [9.17, 15) is 8.42 Å². The van der Waals surface area contributed by atoms with Crippen molar-refractivity contribution in [1.82, 2.24) is 10.1 Å². The monoisotopic (exact) mass is 485 g/mol. The summed E-state index contributed by atoms with van der Waals surface area (Å²) in [6.45, 7) is 3.93. The maximum Gasteiger partial charge on any atom is 0.269 e. The van der Waals surface area contributed by atoms with E-state index in [1.807, 2.05) is 26.0 Å². The van der Waals surface area contributed by atoms with Crippen molar-refractivity contribution in [2.75, 3.05) is 25.6 Å². The Kier molecular flexibility index (Phi) is 6.13. The lowest BCUT2D eigenvalue weighted by atomic mass is 10.1. The smallest absolute Gasteiger partial charge is 0.269 e. The summed E-state index contributed by atoms with van der Waals surface area (Å²) in [6.07, 6.45) is 0. The molecule has 0 spiro atoms. The van der Waals surface area contributed by atoms with Gasteiger partial charge in [0.1, 0.15) is 9.77 Å². The Morgan fingerprint density at radius 2 is 1.82 bits per heavy atom. The van der Waals surface area contributed by atoms with E-state index in [2.05, 4.69) is 10.1 Å². The SMILES string of the molecule is COc1cccc(-c2noc(-c3sccc3S(=O)(=O)N(C)c3ccc(C)c(C)c3)n2)c1OC. The number of nitrogens with zero attached hydrogens (tertiary/aromatic N) is 3. The van der Waals surface area contributed by atoms with Gasteiger partial charge in [0.2, 0.25) is 5.82 Å². The van der Waals surface area contributed by atoms with Gasteiger partial charge in [-0.3, -0.25) is 4.31 Å². The molecular formula is C23H23N3O5S2. The number of thiophene rings is 1. The fourth-order valence-electron chi connectivity index (χ4n) is 3.35. The molecule has 10 heteroatoms. The zero-order valence-corrected chi connectivity index (χ0v) is 20.5. The van der Waals surface area contributed by atoms with Crippen molar-refractivity contribution in [3.8, 4) is 33.7 Å². The molecule has 0 aliphatic heterocycles. The van der Waals surface area contributed by atoms with Crippen molar-refractivity contribution in [2.45, 2.75) is 18.7 Å². The molecule has 0 aliphatic carbocycles. The van der Waals surface area contributed by atoms with E-state index in [4.69, 9.17) is 14.0 Å². The van der Waals surface area contributed by atoms with Crippen LogP contribution < -0.4 is 13.8 Å². The molecule has 0 amide bonds. The van der Waals surface area contributed by atoms with Crippen LogP contribution in [-0.2, 0) is 10.0 Å². The topological polar surface area (TPSA) is 94.8 Å². The number of anilines is 1. The maximum atomic E-state index is 13.5. The number of aryl methyl sites for hydroxylation is 2. The second-order valence-electron chi connectivity index (χ2n) is 7.32. The summed E-state index contributed by atoms with van der Waals surface area (Å²) in [5.74, 6) is 1.36. The molecule has 2 aromatic heterocycles. The summed E-state index contributed by atoms with van der Waals surface area (Å²) < 4.78 is 44.4. The number of rotatable bonds is 7. The summed E-state index contributed by atoms with van der Waals surface area (Å²) in [5.41, 5.74) is 3.24. The standard InChI is InChI=1S/C23H23N3O5S2/c1-14-9-10-16(13-15(14)2)26(3)33(27,28)19-11-12-32-21(19)23-24-22(25-31-23)17-7-6-8-18(29-4)20(17)30-5/h6-13H,1-5H3. The molecule has 0 radical (unpaired) electrons. The highest BCUT2D eigenvalue weighted by atomic mass is 32.2. The summed E-state index contributed by atoms with van der Waals surface area (Å²) in [6, 6.07) is 12.4. The minimum Gasteiger partial charge on any atom is -0.493 e. The highest BCUT2D eigenvalue weighted by Gasteiger charge is 2.29. The van der Waals surface area contributed by atoms with E-state index in [1.54, 1.807) is 35.7 Å². The molecule has 2 heterocycles. The van der Waals surface area contributed by atoms with Gasteiger partial charge < -0.3 is 14.0 Å². The number of hydrogen-bond donors (Lipinski definition) is 0. The van der Waals surface area contributed by atoms with Crippen LogP contribution in [0.15, 0.2) is 57.3 Å². The second-order valence-corrected chi connectivity index (χ2v) is 10.2. The Bertz CT molecular complexity index is 1410. The van der Waals surface area contributed by atoms with Gasteiger partial charge in [-0.05, 0) is 60.7 Å². The van der Waals surface area contributed by atoms with Crippen molar-refractivity contribution < 1.29 is 22.4 Å². The van der Waals surface area contributed by atoms with Crippen LogP contribution in [0.5, 0.6) is 11.5 Å². The first-order valence-electron chi connectivity index (χ1n) is 9.97. The number of benzene rings is 2. The van der Waals surface area contributed by atoms with Crippen molar-refractivity contribution in [3.63, 3.8) is 0 Å². The molecule has 0 fully saturated rings. The Labute approximate surface area is 196 Å². The first kappa shape index (κ1) is 22.8. The van der Waals surface area contributed by atoms with Crippen LogP contribution in [0.1, 0.15) is 11.1 Å². The van der Waals surface area contributed by atoms with Crippen LogP contribution in [-0.4, -0.2) is 39.8 Å². The average molecular weight is 486 g/mol. The predicted octanol–water partition coefficient (Wildman–Crippen LogP) is 4.92. The summed E-state index contributed by atoms with van der Waals surface area (Å²) in [7, 11) is 0.727. The van der Waals surface area contributed by atoms with E-state index < -0.39 is 10.0 Å². The van der Waals surface area contributed by atoms with Gasteiger partial charge in [-0.25, -0.2) is 8.42 Å². The number of para-hydroxylation sites is 1. The fourth-order valence-corrected chi connectivity index (χ4v) is 5.85. The lowest BCUT2D eigenvalue weighted by Crippen LogP contribution is -2.26. The van der Waals surface area contributed by atoms with E-state index in [1.165, 1.54) is 36.9 Å². The van der Waals surface area contributed by atoms with Crippen LogP contribution in [0, 0.1) is 13.8 Å². The number of aromatic nitrogens is 2. The molecule has 2 aromatic carbocycles. The zero-order valence-electron chi connectivity index (χ0n) is 18.8. The molecule has 4 rings (SSSR count). The molecule has 0 N–H and O–H groups in total. The van der Waals surface area contributed by atoms with Crippen LogP contribution in [0.3, 0.4) is 0 Å². The third-order valence-corrected chi connectivity index (χ3v) is 8.25. The maximum absolute atomic E-state index is 13.5. The molecule has 8 nitrogen and oxygen atoms in total. The molecule has 0 unspecified atom stereocenters. The number of ether oxygens (including phenoxy) is 2. The third kappa shape index (κ3) is 4.07. The van der Waals surface area contributed by atoms with Gasteiger partial charge in [0.05, 0.1) is 25.5 Å². The van der Waals surface area contributed by atoms with E-state index in [0.717, 1.165) is 11.1 Å². The molecule has 33 heavy (non-hydrogen) atoms. The molecular weight excluding hydrogens is 462 g/mol. The van der Waals surface area contributed by atoms with Gasteiger partial charge in [-0.2, -0.15) is 4.98 Å². The van der Waals surface area contributed by atoms with Crippen LogP contribution in [0.4, 0.5) is 5.69 Å². The second kappa shape index (κ2) is 8.87. The summed E-state index contributed by atoms with van der Waals surface area (Å²) >= 11 is 1.22. The first-order valence-corrected chi connectivity index (χ1v) is 12.3. The van der Waals surface area contributed by atoms with Crippen LogP contribution in [0.2, 0.25) is 0 Å². The number of hydrogen-bond acceptors (Lipinski definition) is 8. The fraction of sp³-hybridized carbons (Fsp3) is 0.217. The Morgan fingerprint density at radius 1 is 1.03 bits per heavy atom.